The van der Waals surface area contributed by atoms with Crippen molar-refractivity contribution in [2.45, 2.75) is 19.3 Å². The highest BCUT2D eigenvalue weighted by molar-refractivity contribution is 7.99. The van der Waals surface area contributed by atoms with E-state index in [9.17, 15) is 14.4 Å². The molecular weight excluding hydrogens is 340 g/mol. The molecule has 1 fully saturated rings. The number of benzene rings is 1. The van der Waals surface area contributed by atoms with Crippen LogP contribution in [0.15, 0.2) is 30.3 Å². The quantitative estimate of drug-likeness (QED) is 0.681. The van der Waals surface area contributed by atoms with Gasteiger partial charge in [0.15, 0.2) is 0 Å². The Labute approximate surface area is 152 Å². The van der Waals surface area contributed by atoms with Gasteiger partial charge in [0.25, 0.3) is 0 Å². The summed E-state index contributed by atoms with van der Waals surface area (Å²) >= 11 is 1.28. The van der Waals surface area contributed by atoms with Crippen molar-refractivity contribution in [1.82, 2.24) is 10.2 Å². The highest BCUT2D eigenvalue weighted by Crippen LogP contribution is 2.18. The molecule has 7 heteroatoms. The van der Waals surface area contributed by atoms with Gasteiger partial charge in [0.05, 0.1) is 18.1 Å². The summed E-state index contributed by atoms with van der Waals surface area (Å²) in [7, 11) is 0. The van der Waals surface area contributed by atoms with E-state index in [1.54, 1.807) is 4.90 Å². The fourth-order valence-electron chi connectivity index (χ4n) is 2.85. The molecule has 1 saturated heterocycles. The average molecular weight is 364 g/mol. The molecular formula is C18H24N2O4S. The first-order valence-electron chi connectivity index (χ1n) is 8.45. The van der Waals surface area contributed by atoms with E-state index in [0.29, 0.717) is 31.8 Å². The molecule has 1 atom stereocenters. The fraction of sp³-hybridized carbons (Fsp3) is 0.500. The van der Waals surface area contributed by atoms with Crippen molar-refractivity contribution < 1.29 is 19.5 Å². The molecule has 0 aromatic heterocycles. The van der Waals surface area contributed by atoms with Gasteiger partial charge in [0, 0.05) is 25.4 Å². The van der Waals surface area contributed by atoms with Crippen LogP contribution in [0.5, 0.6) is 0 Å². The Bertz CT molecular complexity index is 594. The molecule has 2 N–H and O–H groups in total. The lowest BCUT2D eigenvalue weighted by Gasteiger charge is -2.32. The van der Waals surface area contributed by atoms with Gasteiger partial charge in [-0.15, -0.1) is 11.8 Å². The number of carboxylic acids is 1. The standard InChI is InChI=1S/C18H24N2O4S/c21-16(11-14-5-2-1-3-6-14)20-9-4-7-15(12-20)18(24)19-8-10-25-13-17(22)23/h1-3,5-6,15H,4,7-13H2,(H,19,24)(H,22,23). The van der Waals surface area contributed by atoms with Crippen LogP contribution < -0.4 is 5.32 Å². The van der Waals surface area contributed by atoms with Gasteiger partial charge in [-0.3, -0.25) is 14.4 Å². The van der Waals surface area contributed by atoms with Crippen LogP contribution >= 0.6 is 11.8 Å². The minimum atomic E-state index is -0.851. The summed E-state index contributed by atoms with van der Waals surface area (Å²) in [5.41, 5.74) is 0.981. The van der Waals surface area contributed by atoms with E-state index in [1.807, 2.05) is 30.3 Å². The second-order valence-electron chi connectivity index (χ2n) is 6.08. The molecule has 0 radical (unpaired) electrons. The summed E-state index contributed by atoms with van der Waals surface area (Å²) in [4.78, 5) is 36.9. The molecule has 0 spiro atoms. The van der Waals surface area contributed by atoms with E-state index in [4.69, 9.17) is 5.11 Å². The molecule has 136 valence electrons. The van der Waals surface area contributed by atoms with Crippen molar-refractivity contribution >= 4 is 29.5 Å². The third kappa shape index (κ3) is 6.78. The van der Waals surface area contributed by atoms with E-state index in [2.05, 4.69) is 5.32 Å². The van der Waals surface area contributed by atoms with Crippen LogP contribution in [0.4, 0.5) is 0 Å². The Balaban J connectivity index is 1.74. The van der Waals surface area contributed by atoms with Crippen LogP contribution in [-0.4, -0.2) is 58.9 Å². The molecule has 6 nitrogen and oxygen atoms in total. The maximum atomic E-state index is 12.4. The fourth-order valence-corrected chi connectivity index (χ4v) is 3.42. The second-order valence-corrected chi connectivity index (χ2v) is 7.18. The van der Waals surface area contributed by atoms with Gasteiger partial charge in [-0.25, -0.2) is 0 Å². The molecule has 0 bridgehead atoms. The lowest BCUT2D eigenvalue weighted by molar-refractivity contribution is -0.135. The number of hydrogen-bond acceptors (Lipinski definition) is 4. The highest BCUT2D eigenvalue weighted by atomic mass is 32.2. The SMILES string of the molecule is O=C(O)CSCCNC(=O)C1CCCN(C(=O)Cc2ccccc2)C1. The van der Waals surface area contributed by atoms with E-state index in [1.165, 1.54) is 11.8 Å². The van der Waals surface area contributed by atoms with E-state index < -0.39 is 5.97 Å². The Kier molecular flexibility index (Phi) is 7.78. The van der Waals surface area contributed by atoms with Gasteiger partial charge in [0.1, 0.15) is 0 Å². The topological polar surface area (TPSA) is 86.7 Å². The van der Waals surface area contributed by atoms with Crippen molar-refractivity contribution in [1.29, 1.82) is 0 Å². The summed E-state index contributed by atoms with van der Waals surface area (Å²) < 4.78 is 0. The summed E-state index contributed by atoms with van der Waals surface area (Å²) in [5, 5.41) is 11.4. The maximum absolute atomic E-state index is 12.4. The molecule has 2 rings (SSSR count). The summed E-state index contributed by atoms with van der Waals surface area (Å²) in [5.74, 6) is -0.411. The number of thioether (sulfide) groups is 1. The Hall–Kier alpha value is -2.02. The Morgan fingerprint density at radius 3 is 2.72 bits per heavy atom. The third-order valence-corrected chi connectivity index (χ3v) is 5.06. The highest BCUT2D eigenvalue weighted by Gasteiger charge is 2.28. The number of carbonyl (C=O) groups is 3. The number of amides is 2. The zero-order valence-corrected chi connectivity index (χ0v) is 15.0. The number of nitrogens with one attached hydrogen (secondary N) is 1. The van der Waals surface area contributed by atoms with Crippen LogP contribution in [0.1, 0.15) is 18.4 Å². The number of carbonyl (C=O) groups excluding carboxylic acids is 2. The van der Waals surface area contributed by atoms with Crippen LogP contribution in [0.25, 0.3) is 0 Å². The molecule has 1 heterocycles. The molecule has 1 aromatic carbocycles. The van der Waals surface area contributed by atoms with Gasteiger partial charge in [-0.2, -0.15) is 0 Å². The number of rotatable bonds is 8. The van der Waals surface area contributed by atoms with Crippen LogP contribution in [0.3, 0.4) is 0 Å². The van der Waals surface area contributed by atoms with Crippen LogP contribution in [-0.2, 0) is 20.8 Å². The number of nitrogens with zero attached hydrogens (tertiary/aromatic N) is 1. The zero-order chi connectivity index (χ0) is 18.1. The minimum Gasteiger partial charge on any atom is -0.481 e. The van der Waals surface area contributed by atoms with E-state index in [0.717, 1.165) is 18.4 Å². The first-order valence-corrected chi connectivity index (χ1v) is 9.60. The minimum absolute atomic E-state index is 0.0427. The van der Waals surface area contributed by atoms with Gasteiger partial charge >= 0.3 is 5.97 Å². The van der Waals surface area contributed by atoms with E-state index in [-0.39, 0.29) is 23.5 Å². The number of likely N-dealkylation sites (tertiary alicyclic amines) is 1. The van der Waals surface area contributed by atoms with Crippen LogP contribution in [0, 0.1) is 5.92 Å². The number of aliphatic carboxylic acids is 1. The maximum Gasteiger partial charge on any atom is 0.313 e. The van der Waals surface area contributed by atoms with Gasteiger partial charge in [-0.1, -0.05) is 30.3 Å². The van der Waals surface area contributed by atoms with Gasteiger partial charge < -0.3 is 15.3 Å². The largest absolute Gasteiger partial charge is 0.481 e. The number of carboxylic acid groups (broad SMARTS) is 1. The van der Waals surface area contributed by atoms with Crippen molar-refractivity contribution in [2.75, 3.05) is 31.1 Å². The monoisotopic (exact) mass is 364 g/mol. The summed E-state index contributed by atoms with van der Waals surface area (Å²) in [6.45, 7) is 1.61. The summed E-state index contributed by atoms with van der Waals surface area (Å²) in [6, 6.07) is 9.61. The summed E-state index contributed by atoms with van der Waals surface area (Å²) in [6.07, 6.45) is 1.97. The first-order chi connectivity index (χ1) is 12.1. The smallest absolute Gasteiger partial charge is 0.313 e. The second kappa shape index (κ2) is 10.1. The van der Waals surface area contributed by atoms with Crippen LogP contribution in [0.2, 0.25) is 0 Å². The normalized spacial score (nSPS) is 17.1. The van der Waals surface area contributed by atoms with Crippen molar-refractivity contribution in [3.05, 3.63) is 35.9 Å². The van der Waals surface area contributed by atoms with Crippen molar-refractivity contribution in [3.63, 3.8) is 0 Å². The van der Waals surface area contributed by atoms with Gasteiger partial charge in [-0.05, 0) is 18.4 Å². The molecule has 1 unspecified atom stereocenters. The van der Waals surface area contributed by atoms with Crippen molar-refractivity contribution in [2.24, 2.45) is 5.92 Å². The first kappa shape index (κ1) is 19.3. The molecule has 1 aromatic rings. The molecule has 1 aliphatic rings. The van der Waals surface area contributed by atoms with Gasteiger partial charge in [0.2, 0.25) is 11.8 Å². The number of hydrogen-bond donors (Lipinski definition) is 2. The predicted octanol–water partition coefficient (Wildman–Crippen LogP) is 1.40. The lowest BCUT2D eigenvalue weighted by atomic mass is 9.96. The number of piperidine rings is 1. The molecule has 1 aliphatic heterocycles. The zero-order valence-electron chi connectivity index (χ0n) is 14.1. The average Bonchev–Trinajstić information content (AvgIpc) is 2.62. The molecule has 25 heavy (non-hydrogen) atoms. The predicted molar refractivity (Wildman–Crippen MR) is 97.4 cm³/mol. The van der Waals surface area contributed by atoms with Crippen molar-refractivity contribution in [3.8, 4) is 0 Å². The third-order valence-electron chi connectivity index (χ3n) is 4.11. The molecule has 0 saturated carbocycles. The molecule has 2 amide bonds. The Morgan fingerprint density at radius 2 is 2.00 bits per heavy atom. The molecule has 0 aliphatic carbocycles. The lowest BCUT2D eigenvalue weighted by Crippen LogP contribution is -2.46. The Morgan fingerprint density at radius 1 is 1.24 bits per heavy atom. The van der Waals surface area contributed by atoms with E-state index >= 15 is 0 Å².